The minimum atomic E-state index is -0.498. The SMILES string of the molecule is CC(C)(C)OC(=O)N1CCC(CCc2noc3c(CO)c(CC(=O)Nc4ccc(F)cc4)ccc23)CC1. The number of amides is 2. The first-order valence-corrected chi connectivity index (χ1v) is 12.7. The van der Waals surface area contributed by atoms with Gasteiger partial charge in [0.2, 0.25) is 5.91 Å². The molecule has 3 aromatic rings. The summed E-state index contributed by atoms with van der Waals surface area (Å²) in [5.41, 5.74) is 2.49. The predicted octanol–water partition coefficient (Wildman–Crippen LogP) is 5.22. The van der Waals surface area contributed by atoms with Gasteiger partial charge in [-0.05, 0) is 88.3 Å². The Kier molecular flexibility index (Phi) is 8.12. The predicted molar refractivity (Wildman–Crippen MR) is 138 cm³/mol. The van der Waals surface area contributed by atoms with Crippen LogP contribution in [-0.4, -0.2) is 45.9 Å². The molecule has 8 nitrogen and oxygen atoms in total. The fourth-order valence-corrected chi connectivity index (χ4v) is 4.65. The van der Waals surface area contributed by atoms with E-state index < -0.39 is 5.60 Å². The lowest BCUT2D eigenvalue weighted by atomic mass is 9.91. The first kappa shape index (κ1) is 26.6. The lowest BCUT2D eigenvalue weighted by molar-refractivity contribution is -0.115. The van der Waals surface area contributed by atoms with Crippen molar-refractivity contribution in [2.75, 3.05) is 18.4 Å². The van der Waals surface area contributed by atoms with Crippen LogP contribution >= 0.6 is 0 Å². The van der Waals surface area contributed by atoms with Crippen molar-refractivity contribution in [1.82, 2.24) is 10.1 Å². The number of likely N-dealkylation sites (tertiary alicyclic amines) is 1. The summed E-state index contributed by atoms with van der Waals surface area (Å²) in [5, 5.41) is 17.9. The van der Waals surface area contributed by atoms with Gasteiger partial charge in [0.1, 0.15) is 11.4 Å². The topological polar surface area (TPSA) is 105 Å². The average molecular weight is 512 g/mol. The third-order valence-corrected chi connectivity index (χ3v) is 6.61. The Labute approximate surface area is 215 Å². The summed E-state index contributed by atoms with van der Waals surface area (Å²) in [6.45, 7) is 6.68. The number of hydrogen-bond donors (Lipinski definition) is 2. The van der Waals surface area contributed by atoms with Gasteiger partial charge in [0.15, 0.2) is 5.58 Å². The molecule has 0 unspecified atom stereocenters. The van der Waals surface area contributed by atoms with E-state index >= 15 is 0 Å². The number of nitrogens with zero attached hydrogens (tertiary/aromatic N) is 2. The molecule has 2 N–H and O–H groups in total. The first-order chi connectivity index (χ1) is 17.6. The third kappa shape index (κ3) is 6.85. The van der Waals surface area contributed by atoms with Crippen molar-refractivity contribution in [3.05, 3.63) is 59.0 Å². The van der Waals surface area contributed by atoms with E-state index in [1.54, 1.807) is 4.90 Å². The summed E-state index contributed by atoms with van der Waals surface area (Å²) in [6, 6.07) is 9.24. The lowest BCUT2D eigenvalue weighted by Gasteiger charge is -2.33. The number of aliphatic hydroxyl groups is 1. The van der Waals surface area contributed by atoms with Gasteiger partial charge in [-0.3, -0.25) is 4.79 Å². The number of piperidine rings is 1. The second kappa shape index (κ2) is 11.3. The molecule has 0 saturated carbocycles. The fraction of sp³-hybridized carbons (Fsp3) is 0.464. The summed E-state index contributed by atoms with van der Waals surface area (Å²) >= 11 is 0. The fourth-order valence-electron chi connectivity index (χ4n) is 4.65. The highest BCUT2D eigenvalue weighted by Gasteiger charge is 2.27. The molecule has 1 aliphatic heterocycles. The monoisotopic (exact) mass is 511 g/mol. The van der Waals surface area contributed by atoms with Crippen LogP contribution in [0.3, 0.4) is 0 Å². The average Bonchev–Trinajstić information content (AvgIpc) is 3.26. The largest absolute Gasteiger partial charge is 0.444 e. The number of fused-ring (bicyclic) bond motifs is 1. The Morgan fingerprint density at radius 2 is 1.86 bits per heavy atom. The molecule has 1 saturated heterocycles. The number of rotatable bonds is 7. The van der Waals surface area contributed by atoms with Gasteiger partial charge in [-0.2, -0.15) is 0 Å². The van der Waals surface area contributed by atoms with Crippen LogP contribution in [0.1, 0.15) is 56.9 Å². The van der Waals surface area contributed by atoms with E-state index in [0.29, 0.717) is 41.4 Å². The summed E-state index contributed by atoms with van der Waals surface area (Å²) < 4.78 is 24.2. The van der Waals surface area contributed by atoms with Gasteiger partial charge >= 0.3 is 6.09 Å². The van der Waals surface area contributed by atoms with Gasteiger partial charge in [0.25, 0.3) is 0 Å². The summed E-state index contributed by atoms with van der Waals surface area (Å²) in [7, 11) is 0. The molecule has 0 atom stereocenters. The minimum absolute atomic E-state index is 0.0372. The third-order valence-electron chi connectivity index (χ3n) is 6.61. The van der Waals surface area contributed by atoms with E-state index in [9.17, 15) is 19.1 Å². The number of ether oxygens (including phenoxy) is 1. The van der Waals surface area contributed by atoms with E-state index in [2.05, 4.69) is 10.5 Å². The summed E-state index contributed by atoms with van der Waals surface area (Å²) in [5.74, 6) is -0.186. The maximum atomic E-state index is 13.1. The molecule has 1 aliphatic rings. The van der Waals surface area contributed by atoms with Gasteiger partial charge in [0.05, 0.1) is 18.7 Å². The zero-order chi connectivity index (χ0) is 26.6. The van der Waals surface area contributed by atoms with Crippen molar-refractivity contribution < 1.29 is 28.3 Å². The maximum Gasteiger partial charge on any atom is 0.410 e. The number of aliphatic hydroxyl groups excluding tert-OH is 1. The van der Waals surface area contributed by atoms with Crippen LogP contribution in [0.5, 0.6) is 0 Å². The van der Waals surface area contributed by atoms with Crippen molar-refractivity contribution in [2.24, 2.45) is 5.92 Å². The zero-order valence-electron chi connectivity index (χ0n) is 21.6. The van der Waals surface area contributed by atoms with E-state index in [-0.39, 0.29) is 30.8 Å². The van der Waals surface area contributed by atoms with E-state index in [1.807, 2.05) is 32.9 Å². The number of hydrogen-bond acceptors (Lipinski definition) is 6. The smallest absolute Gasteiger partial charge is 0.410 e. The number of carbonyl (C=O) groups excluding carboxylic acids is 2. The number of carbonyl (C=O) groups is 2. The Morgan fingerprint density at radius 3 is 2.51 bits per heavy atom. The van der Waals surface area contributed by atoms with Crippen LogP contribution in [0.15, 0.2) is 40.9 Å². The molecular weight excluding hydrogens is 477 g/mol. The van der Waals surface area contributed by atoms with Crippen molar-refractivity contribution in [3.8, 4) is 0 Å². The standard InChI is InChI=1S/C28H34FN3O5/c1-28(2,3)36-27(35)32-14-12-18(13-15-32)4-11-24-22-10-5-19(23(17-33)26(22)37-31-24)16-25(34)30-21-8-6-20(29)7-9-21/h5-10,18,33H,4,11-17H2,1-3H3,(H,30,34). The second-order valence-electron chi connectivity index (χ2n) is 10.5. The molecular formula is C28H34FN3O5. The number of halogens is 1. The highest BCUT2D eigenvalue weighted by molar-refractivity contribution is 5.93. The van der Waals surface area contributed by atoms with Gasteiger partial charge in [-0.15, -0.1) is 0 Å². The van der Waals surface area contributed by atoms with Crippen LogP contribution in [0.25, 0.3) is 11.0 Å². The normalized spacial score (nSPS) is 14.7. The van der Waals surface area contributed by atoms with Crippen LogP contribution in [0.2, 0.25) is 0 Å². The number of anilines is 1. The number of aromatic nitrogens is 1. The molecule has 2 aromatic carbocycles. The summed E-state index contributed by atoms with van der Waals surface area (Å²) in [6.07, 6.45) is 3.23. The molecule has 1 fully saturated rings. The van der Waals surface area contributed by atoms with Crippen LogP contribution in [0.4, 0.5) is 14.9 Å². The first-order valence-electron chi connectivity index (χ1n) is 12.7. The van der Waals surface area contributed by atoms with E-state index in [4.69, 9.17) is 9.26 Å². The van der Waals surface area contributed by atoms with Gasteiger partial charge in [-0.25, -0.2) is 9.18 Å². The zero-order valence-corrected chi connectivity index (χ0v) is 21.6. The highest BCUT2D eigenvalue weighted by Crippen LogP contribution is 2.29. The molecule has 1 aromatic heterocycles. The molecule has 2 heterocycles. The van der Waals surface area contributed by atoms with Crippen LogP contribution in [0, 0.1) is 11.7 Å². The Balaban J connectivity index is 1.35. The van der Waals surface area contributed by atoms with Gasteiger partial charge < -0.3 is 24.6 Å². The number of nitrogens with one attached hydrogen (secondary N) is 1. The Bertz CT molecular complexity index is 1240. The number of benzene rings is 2. The molecule has 2 amide bonds. The molecule has 4 rings (SSSR count). The Hall–Kier alpha value is -3.46. The van der Waals surface area contributed by atoms with Crippen LogP contribution < -0.4 is 5.32 Å². The van der Waals surface area contributed by atoms with Crippen molar-refractivity contribution in [1.29, 1.82) is 0 Å². The molecule has 0 radical (unpaired) electrons. The maximum absolute atomic E-state index is 13.1. The molecule has 37 heavy (non-hydrogen) atoms. The van der Waals surface area contributed by atoms with E-state index in [1.165, 1.54) is 24.3 Å². The molecule has 0 spiro atoms. The van der Waals surface area contributed by atoms with Crippen molar-refractivity contribution >= 4 is 28.7 Å². The molecule has 9 heteroatoms. The molecule has 0 bridgehead atoms. The van der Waals surface area contributed by atoms with Crippen molar-refractivity contribution in [2.45, 2.75) is 65.1 Å². The van der Waals surface area contributed by atoms with Crippen LogP contribution in [-0.2, 0) is 29.0 Å². The lowest BCUT2D eigenvalue weighted by Crippen LogP contribution is -2.41. The van der Waals surface area contributed by atoms with Gasteiger partial charge in [0, 0.05) is 29.7 Å². The molecule has 0 aliphatic carbocycles. The molecule has 198 valence electrons. The van der Waals surface area contributed by atoms with Gasteiger partial charge in [-0.1, -0.05) is 11.2 Å². The van der Waals surface area contributed by atoms with Crippen molar-refractivity contribution in [3.63, 3.8) is 0 Å². The quantitative estimate of drug-likeness (QED) is 0.451. The Morgan fingerprint density at radius 1 is 1.16 bits per heavy atom. The minimum Gasteiger partial charge on any atom is -0.444 e. The number of aryl methyl sites for hydroxylation is 1. The summed E-state index contributed by atoms with van der Waals surface area (Å²) in [4.78, 5) is 26.6. The van der Waals surface area contributed by atoms with E-state index in [0.717, 1.165) is 36.8 Å². The highest BCUT2D eigenvalue weighted by atomic mass is 19.1. The second-order valence-corrected chi connectivity index (χ2v) is 10.5.